The highest BCUT2D eigenvalue weighted by Gasteiger charge is 2.16. The Morgan fingerprint density at radius 2 is 1.84 bits per heavy atom. The standard InChI is InChI=1S/C15H14O4/c1-8-6-11-7-10(14(16)17)4-5-12(11)9(2)13(8)15(18)19-3/h4-7H,1-3H3,(H,16,17). The summed E-state index contributed by atoms with van der Waals surface area (Å²) in [5, 5.41) is 10.7. The van der Waals surface area contributed by atoms with Crippen molar-refractivity contribution in [1.29, 1.82) is 0 Å². The van der Waals surface area contributed by atoms with E-state index in [1.807, 2.05) is 13.8 Å². The number of carboxylic acid groups (broad SMARTS) is 1. The number of aryl methyl sites for hydroxylation is 2. The van der Waals surface area contributed by atoms with Crippen LogP contribution >= 0.6 is 0 Å². The molecule has 0 aliphatic rings. The summed E-state index contributed by atoms with van der Waals surface area (Å²) >= 11 is 0. The van der Waals surface area contributed by atoms with E-state index < -0.39 is 5.97 Å². The largest absolute Gasteiger partial charge is 0.478 e. The van der Waals surface area contributed by atoms with Crippen LogP contribution in [-0.4, -0.2) is 24.2 Å². The van der Waals surface area contributed by atoms with Crippen molar-refractivity contribution < 1.29 is 19.4 Å². The lowest BCUT2D eigenvalue weighted by Crippen LogP contribution is -2.07. The highest BCUT2D eigenvalue weighted by molar-refractivity contribution is 6.02. The Hall–Kier alpha value is -2.36. The van der Waals surface area contributed by atoms with E-state index in [-0.39, 0.29) is 11.5 Å². The summed E-state index contributed by atoms with van der Waals surface area (Å²) < 4.78 is 4.78. The van der Waals surface area contributed by atoms with Crippen LogP contribution in [0.4, 0.5) is 0 Å². The normalized spacial score (nSPS) is 10.5. The number of hydrogen-bond acceptors (Lipinski definition) is 3. The summed E-state index contributed by atoms with van der Waals surface area (Å²) in [6, 6.07) is 6.67. The van der Waals surface area contributed by atoms with Gasteiger partial charge < -0.3 is 9.84 Å². The van der Waals surface area contributed by atoms with Gasteiger partial charge in [0, 0.05) is 0 Å². The number of rotatable bonds is 2. The summed E-state index contributed by atoms with van der Waals surface area (Å²) in [4.78, 5) is 22.7. The van der Waals surface area contributed by atoms with Crippen molar-refractivity contribution in [3.05, 3.63) is 46.5 Å². The van der Waals surface area contributed by atoms with Gasteiger partial charge in [0.25, 0.3) is 0 Å². The number of hydrogen-bond donors (Lipinski definition) is 1. The Kier molecular flexibility index (Phi) is 3.25. The Morgan fingerprint density at radius 1 is 1.16 bits per heavy atom. The molecule has 0 unspecified atom stereocenters. The Balaban J connectivity index is 2.76. The minimum Gasteiger partial charge on any atom is -0.478 e. The van der Waals surface area contributed by atoms with Crippen LogP contribution in [0.5, 0.6) is 0 Å². The van der Waals surface area contributed by atoms with Crippen LogP contribution in [0.2, 0.25) is 0 Å². The van der Waals surface area contributed by atoms with Gasteiger partial charge in [0.05, 0.1) is 18.2 Å². The van der Waals surface area contributed by atoms with Gasteiger partial charge >= 0.3 is 11.9 Å². The van der Waals surface area contributed by atoms with Crippen molar-refractivity contribution in [3.8, 4) is 0 Å². The van der Waals surface area contributed by atoms with E-state index in [9.17, 15) is 9.59 Å². The zero-order chi connectivity index (χ0) is 14.2. The zero-order valence-corrected chi connectivity index (χ0v) is 11.0. The highest BCUT2D eigenvalue weighted by atomic mass is 16.5. The fraction of sp³-hybridized carbons (Fsp3) is 0.200. The van der Waals surface area contributed by atoms with E-state index in [2.05, 4.69) is 0 Å². The molecule has 0 saturated carbocycles. The molecular weight excluding hydrogens is 244 g/mol. The molecule has 0 aliphatic heterocycles. The van der Waals surface area contributed by atoms with Crippen molar-refractivity contribution in [2.45, 2.75) is 13.8 Å². The number of carbonyl (C=O) groups excluding carboxylic acids is 1. The van der Waals surface area contributed by atoms with Crippen LogP contribution < -0.4 is 0 Å². The van der Waals surface area contributed by atoms with Crippen molar-refractivity contribution in [1.82, 2.24) is 0 Å². The molecule has 19 heavy (non-hydrogen) atoms. The van der Waals surface area contributed by atoms with Crippen LogP contribution in [0, 0.1) is 13.8 Å². The molecule has 0 amide bonds. The summed E-state index contributed by atoms with van der Waals surface area (Å²) in [5.74, 6) is -1.34. The molecule has 4 heteroatoms. The number of fused-ring (bicyclic) bond motifs is 1. The van der Waals surface area contributed by atoms with Crippen molar-refractivity contribution in [3.63, 3.8) is 0 Å². The molecule has 0 radical (unpaired) electrons. The molecule has 0 aliphatic carbocycles. The Morgan fingerprint density at radius 3 is 2.42 bits per heavy atom. The first-order chi connectivity index (χ1) is 8.95. The van der Waals surface area contributed by atoms with E-state index in [4.69, 9.17) is 9.84 Å². The number of carbonyl (C=O) groups is 2. The molecule has 4 nitrogen and oxygen atoms in total. The third-order valence-electron chi connectivity index (χ3n) is 3.23. The van der Waals surface area contributed by atoms with E-state index in [1.54, 1.807) is 18.2 Å². The number of esters is 1. The van der Waals surface area contributed by atoms with E-state index in [0.717, 1.165) is 21.9 Å². The van der Waals surface area contributed by atoms with Crippen LogP contribution in [0.1, 0.15) is 31.8 Å². The van der Waals surface area contributed by atoms with Gasteiger partial charge in [-0.1, -0.05) is 12.1 Å². The molecule has 0 atom stereocenters. The predicted molar refractivity (Wildman–Crippen MR) is 71.7 cm³/mol. The minimum absolute atomic E-state index is 0.233. The van der Waals surface area contributed by atoms with Gasteiger partial charge in [-0.05, 0) is 47.9 Å². The quantitative estimate of drug-likeness (QED) is 0.841. The van der Waals surface area contributed by atoms with Crippen molar-refractivity contribution >= 4 is 22.7 Å². The maximum absolute atomic E-state index is 11.8. The van der Waals surface area contributed by atoms with E-state index in [1.165, 1.54) is 13.2 Å². The summed E-state index contributed by atoms with van der Waals surface area (Å²) in [5.41, 5.74) is 2.35. The average molecular weight is 258 g/mol. The van der Waals surface area contributed by atoms with Crippen molar-refractivity contribution in [2.75, 3.05) is 7.11 Å². The molecule has 0 bridgehead atoms. The number of aromatic carboxylic acids is 1. The summed E-state index contributed by atoms with van der Waals surface area (Å²) in [6.45, 7) is 3.65. The fourth-order valence-electron chi connectivity index (χ4n) is 2.31. The van der Waals surface area contributed by atoms with Crippen LogP contribution in [0.15, 0.2) is 24.3 Å². The molecule has 98 valence electrons. The first-order valence-electron chi connectivity index (χ1n) is 5.81. The molecule has 1 N–H and O–H groups in total. The lowest BCUT2D eigenvalue weighted by Gasteiger charge is -2.11. The Labute approximate surface area is 110 Å². The lowest BCUT2D eigenvalue weighted by atomic mass is 9.94. The molecule has 0 spiro atoms. The summed E-state index contributed by atoms with van der Waals surface area (Å²) in [7, 11) is 1.35. The maximum atomic E-state index is 11.8. The molecule has 0 aromatic heterocycles. The first kappa shape index (κ1) is 13.1. The second kappa shape index (κ2) is 4.72. The molecule has 2 aromatic rings. The fourth-order valence-corrected chi connectivity index (χ4v) is 2.31. The number of benzene rings is 2. The molecule has 2 rings (SSSR count). The van der Waals surface area contributed by atoms with Crippen molar-refractivity contribution in [2.24, 2.45) is 0 Å². The molecule has 0 heterocycles. The molecule has 0 fully saturated rings. The minimum atomic E-state index is -0.964. The van der Waals surface area contributed by atoms with Gasteiger partial charge in [0.2, 0.25) is 0 Å². The SMILES string of the molecule is COC(=O)c1c(C)cc2cc(C(=O)O)ccc2c1C. The molecule has 2 aromatic carbocycles. The number of carboxylic acids is 1. The van der Waals surface area contributed by atoms with Crippen LogP contribution in [-0.2, 0) is 4.74 Å². The average Bonchev–Trinajstić information content (AvgIpc) is 2.37. The van der Waals surface area contributed by atoms with Gasteiger partial charge in [-0.15, -0.1) is 0 Å². The third kappa shape index (κ3) is 2.17. The number of methoxy groups -OCH3 is 1. The van der Waals surface area contributed by atoms with Gasteiger partial charge in [-0.25, -0.2) is 9.59 Å². The topological polar surface area (TPSA) is 63.6 Å². The van der Waals surface area contributed by atoms with E-state index >= 15 is 0 Å². The Bertz CT molecular complexity index is 686. The smallest absolute Gasteiger partial charge is 0.338 e. The zero-order valence-electron chi connectivity index (χ0n) is 11.0. The highest BCUT2D eigenvalue weighted by Crippen LogP contribution is 2.26. The summed E-state index contributed by atoms with van der Waals surface area (Å²) in [6.07, 6.45) is 0. The van der Waals surface area contributed by atoms with Crippen LogP contribution in [0.25, 0.3) is 10.8 Å². The van der Waals surface area contributed by atoms with Gasteiger partial charge in [0.1, 0.15) is 0 Å². The van der Waals surface area contributed by atoms with Gasteiger partial charge in [-0.2, -0.15) is 0 Å². The van der Waals surface area contributed by atoms with Gasteiger partial charge in [0.15, 0.2) is 0 Å². The monoisotopic (exact) mass is 258 g/mol. The first-order valence-corrected chi connectivity index (χ1v) is 5.81. The lowest BCUT2D eigenvalue weighted by molar-refractivity contribution is 0.0598. The molecular formula is C15H14O4. The molecule has 0 saturated heterocycles. The third-order valence-corrected chi connectivity index (χ3v) is 3.23. The predicted octanol–water partition coefficient (Wildman–Crippen LogP) is 2.94. The number of ether oxygens (including phenoxy) is 1. The second-order valence-electron chi connectivity index (χ2n) is 4.43. The second-order valence-corrected chi connectivity index (χ2v) is 4.43. The maximum Gasteiger partial charge on any atom is 0.338 e. The van der Waals surface area contributed by atoms with Crippen LogP contribution in [0.3, 0.4) is 0 Å². The van der Waals surface area contributed by atoms with E-state index in [0.29, 0.717) is 5.56 Å². The van der Waals surface area contributed by atoms with Gasteiger partial charge in [-0.3, -0.25) is 0 Å².